The number of thiophene rings is 1. The number of fused-ring (bicyclic) bond motifs is 1. The Morgan fingerprint density at radius 2 is 1.82 bits per heavy atom. The van der Waals surface area contributed by atoms with E-state index in [4.69, 9.17) is 9.72 Å². The number of rotatable bonds is 13. The molecule has 0 bridgehead atoms. The van der Waals surface area contributed by atoms with Gasteiger partial charge in [0.1, 0.15) is 11.6 Å². The summed E-state index contributed by atoms with van der Waals surface area (Å²) in [4.78, 5) is 17.7. The number of hydrogen-bond donors (Lipinski definition) is 1. The highest BCUT2D eigenvalue weighted by Crippen LogP contribution is 2.20. The number of hydrogen-bond acceptors (Lipinski definition) is 4. The Morgan fingerprint density at radius 1 is 0.971 bits per heavy atom. The minimum absolute atomic E-state index is 0.0307. The molecule has 4 aromatic rings. The Labute approximate surface area is 205 Å². The van der Waals surface area contributed by atoms with Gasteiger partial charge in [0, 0.05) is 19.5 Å². The second kappa shape index (κ2) is 12.4. The third-order valence-electron chi connectivity index (χ3n) is 5.97. The highest BCUT2D eigenvalue weighted by Gasteiger charge is 2.10. The zero-order chi connectivity index (χ0) is 23.6. The molecule has 6 heteroatoms. The van der Waals surface area contributed by atoms with E-state index in [9.17, 15) is 4.79 Å². The molecule has 0 aliphatic rings. The lowest BCUT2D eigenvalue weighted by atomic mass is 10.2. The van der Waals surface area contributed by atoms with Gasteiger partial charge in [0.05, 0.1) is 22.5 Å². The van der Waals surface area contributed by atoms with Gasteiger partial charge in [-0.15, -0.1) is 11.3 Å². The lowest BCUT2D eigenvalue weighted by Crippen LogP contribution is -2.23. The second-order valence-corrected chi connectivity index (χ2v) is 9.48. The Balaban J connectivity index is 1.23. The summed E-state index contributed by atoms with van der Waals surface area (Å²) >= 11 is 1.48. The number of ether oxygens (including phenoxy) is 1. The van der Waals surface area contributed by atoms with Crippen molar-refractivity contribution in [3.8, 4) is 5.75 Å². The van der Waals surface area contributed by atoms with Crippen molar-refractivity contribution in [1.29, 1.82) is 0 Å². The van der Waals surface area contributed by atoms with Crippen molar-refractivity contribution in [2.75, 3.05) is 13.2 Å². The fraction of sp³-hybridized carbons (Fsp3) is 0.357. The summed E-state index contributed by atoms with van der Waals surface area (Å²) in [5.74, 6) is 2.16. The van der Waals surface area contributed by atoms with E-state index in [1.54, 1.807) is 0 Å². The van der Waals surface area contributed by atoms with Gasteiger partial charge in [0.2, 0.25) is 0 Å². The van der Waals surface area contributed by atoms with E-state index in [0.717, 1.165) is 73.6 Å². The maximum absolute atomic E-state index is 12.0. The molecule has 0 fully saturated rings. The molecule has 0 radical (unpaired) electrons. The van der Waals surface area contributed by atoms with Crippen molar-refractivity contribution in [2.45, 2.75) is 52.0 Å². The van der Waals surface area contributed by atoms with Gasteiger partial charge in [0.15, 0.2) is 0 Å². The van der Waals surface area contributed by atoms with Crippen LogP contribution in [0.15, 0.2) is 66.0 Å². The molecule has 5 nitrogen and oxygen atoms in total. The lowest BCUT2D eigenvalue weighted by molar-refractivity contribution is 0.0957. The molecular weight excluding hydrogens is 442 g/mol. The van der Waals surface area contributed by atoms with Crippen LogP contribution in [0.3, 0.4) is 0 Å². The molecule has 0 aliphatic carbocycles. The predicted octanol–water partition coefficient (Wildman–Crippen LogP) is 6.41. The quantitative estimate of drug-likeness (QED) is 0.227. The number of carbonyl (C=O) groups excluding carboxylic acids is 1. The van der Waals surface area contributed by atoms with Crippen molar-refractivity contribution >= 4 is 28.3 Å². The van der Waals surface area contributed by atoms with Crippen LogP contribution < -0.4 is 10.1 Å². The number of unbranched alkanes of at least 4 members (excludes halogenated alkanes) is 3. The Kier molecular flexibility index (Phi) is 8.74. The van der Waals surface area contributed by atoms with Crippen LogP contribution in [0.4, 0.5) is 0 Å². The summed E-state index contributed by atoms with van der Waals surface area (Å²) in [6.45, 7) is 4.47. The number of benzene rings is 2. The molecule has 0 aliphatic heterocycles. The molecule has 2 aromatic heterocycles. The first kappa shape index (κ1) is 24.0. The number of aromatic nitrogens is 2. The van der Waals surface area contributed by atoms with E-state index < -0.39 is 0 Å². The first-order valence-corrected chi connectivity index (χ1v) is 13.0. The number of aryl methyl sites for hydroxylation is 3. The smallest absolute Gasteiger partial charge is 0.261 e. The van der Waals surface area contributed by atoms with Crippen LogP contribution in [0.2, 0.25) is 0 Å². The largest absolute Gasteiger partial charge is 0.493 e. The molecule has 178 valence electrons. The highest BCUT2D eigenvalue weighted by atomic mass is 32.1. The van der Waals surface area contributed by atoms with Gasteiger partial charge in [-0.25, -0.2) is 4.98 Å². The lowest BCUT2D eigenvalue weighted by Gasteiger charge is -2.11. The molecule has 0 atom stereocenters. The molecule has 2 aromatic carbocycles. The molecule has 4 rings (SSSR count). The van der Waals surface area contributed by atoms with Crippen molar-refractivity contribution in [3.63, 3.8) is 0 Å². The zero-order valence-electron chi connectivity index (χ0n) is 19.8. The van der Waals surface area contributed by atoms with E-state index in [-0.39, 0.29) is 5.91 Å². The van der Waals surface area contributed by atoms with E-state index >= 15 is 0 Å². The Hall–Kier alpha value is -3.12. The van der Waals surface area contributed by atoms with Crippen LogP contribution in [0.25, 0.3) is 11.0 Å². The molecule has 0 saturated carbocycles. The molecule has 0 spiro atoms. The minimum Gasteiger partial charge on any atom is -0.493 e. The van der Waals surface area contributed by atoms with E-state index in [2.05, 4.69) is 47.1 Å². The van der Waals surface area contributed by atoms with Crippen molar-refractivity contribution in [3.05, 3.63) is 82.3 Å². The number of nitrogens with one attached hydrogen (secondary N) is 1. The third-order valence-corrected chi connectivity index (χ3v) is 6.84. The monoisotopic (exact) mass is 475 g/mol. The number of carbonyl (C=O) groups is 1. The molecule has 1 amide bonds. The molecule has 1 N–H and O–H groups in total. The van der Waals surface area contributed by atoms with Gasteiger partial charge >= 0.3 is 0 Å². The first-order valence-electron chi connectivity index (χ1n) is 12.2. The van der Waals surface area contributed by atoms with Crippen LogP contribution in [0.1, 0.15) is 53.2 Å². The summed E-state index contributed by atoms with van der Waals surface area (Å²) in [5, 5.41) is 4.94. The van der Waals surface area contributed by atoms with Crippen molar-refractivity contribution in [1.82, 2.24) is 14.9 Å². The van der Waals surface area contributed by atoms with Gasteiger partial charge < -0.3 is 14.6 Å². The van der Waals surface area contributed by atoms with Crippen LogP contribution in [0, 0.1) is 6.92 Å². The summed E-state index contributed by atoms with van der Waals surface area (Å²) in [5.41, 5.74) is 3.45. The molecule has 0 saturated heterocycles. The number of imidazole rings is 1. The zero-order valence-corrected chi connectivity index (χ0v) is 20.7. The van der Waals surface area contributed by atoms with Crippen LogP contribution in [-0.4, -0.2) is 28.6 Å². The Morgan fingerprint density at radius 3 is 2.68 bits per heavy atom. The van der Waals surface area contributed by atoms with Crippen LogP contribution in [0.5, 0.6) is 5.75 Å². The van der Waals surface area contributed by atoms with E-state index in [1.807, 2.05) is 35.7 Å². The number of para-hydroxylation sites is 3. The van der Waals surface area contributed by atoms with E-state index in [0.29, 0.717) is 6.54 Å². The van der Waals surface area contributed by atoms with Crippen molar-refractivity contribution < 1.29 is 9.53 Å². The van der Waals surface area contributed by atoms with Crippen LogP contribution in [-0.2, 0) is 13.0 Å². The van der Waals surface area contributed by atoms with E-state index in [1.165, 1.54) is 22.4 Å². The van der Waals surface area contributed by atoms with Crippen LogP contribution >= 0.6 is 11.3 Å². The summed E-state index contributed by atoms with van der Waals surface area (Å²) < 4.78 is 8.34. The topological polar surface area (TPSA) is 56.1 Å². The summed E-state index contributed by atoms with van der Waals surface area (Å²) in [6.07, 6.45) is 6.12. The summed E-state index contributed by atoms with van der Waals surface area (Å²) in [6, 6.07) is 20.3. The number of amides is 1. The van der Waals surface area contributed by atoms with Gasteiger partial charge in [-0.2, -0.15) is 0 Å². The maximum atomic E-state index is 12.0. The second-order valence-electron chi connectivity index (χ2n) is 8.53. The number of nitrogens with zero attached hydrogens (tertiary/aromatic N) is 2. The van der Waals surface area contributed by atoms with Crippen molar-refractivity contribution in [2.24, 2.45) is 0 Å². The SMILES string of the molecule is Cc1ccccc1OCCCCn1c(CCCCCNC(=O)c2cccs2)nc2ccccc21. The maximum Gasteiger partial charge on any atom is 0.261 e. The van der Waals surface area contributed by atoms with Gasteiger partial charge in [0.25, 0.3) is 5.91 Å². The first-order chi connectivity index (χ1) is 16.7. The average Bonchev–Trinajstić information content (AvgIpc) is 3.51. The predicted molar refractivity (Wildman–Crippen MR) is 140 cm³/mol. The standard InChI is InChI=1S/C28H33N3O2S/c1-22-12-4-7-15-25(22)33-20-10-9-19-31-24-14-6-5-13-23(24)30-27(31)17-3-2-8-18-29-28(32)26-16-11-21-34-26/h4-7,11-16,21H,2-3,8-10,17-20H2,1H3,(H,29,32). The molecule has 0 unspecified atom stereocenters. The molecule has 34 heavy (non-hydrogen) atoms. The fourth-order valence-corrected chi connectivity index (χ4v) is 4.76. The highest BCUT2D eigenvalue weighted by molar-refractivity contribution is 7.12. The Bertz CT molecular complexity index is 1180. The van der Waals surface area contributed by atoms with Gasteiger partial charge in [-0.05, 0) is 67.8 Å². The fourth-order valence-electron chi connectivity index (χ4n) is 4.12. The molecule has 2 heterocycles. The van der Waals surface area contributed by atoms with Gasteiger partial charge in [-0.3, -0.25) is 4.79 Å². The minimum atomic E-state index is 0.0307. The average molecular weight is 476 g/mol. The molecular formula is C28H33N3O2S. The third kappa shape index (κ3) is 6.48. The van der Waals surface area contributed by atoms with Gasteiger partial charge in [-0.1, -0.05) is 42.8 Å². The summed E-state index contributed by atoms with van der Waals surface area (Å²) in [7, 11) is 0. The normalized spacial score (nSPS) is 11.1.